The number of nitrogens with one attached hydrogen (secondary N) is 1. The van der Waals surface area contributed by atoms with Gasteiger partial charge in [-0.25, -0.2) is 4.98 Å². The largest absolute Gasteiger partial charge is 0.476 e. The molecule has 1 aromatic heterocycles. The van der Waals surface area contributed by atoms with Crippen molar-refractivity contribution >= 4 is 11.5 Å². The summed E-state index contributed by atoms with van der Waals surface area (Å²) in [4.78, 5) is 19.6. The third-order valence-electron chi connectivity index (χ3n) is 4.13. The fraction of sp³-hybridized carbons (Fsp3) is 0.714. The van der Waals surface area contributed by atoms with Crippen LogP contribution in [0.1, 0.15) is 56.7 Å². The van der Waals surface area contributed by atoms with Crippen LogP contribution in [0, 0.1) is 10.1 Å². The first-order chi connectivity index (χ1) is 10.2. The molecule has 0 aliphatic heterocycles. The normalized spacial score (nSPS) is 19.3. The second-order valence-electron chi connectivity index (χ2n) is 5.80. The third kappa shape index (κ3) is 3.06. The maximum atomic E-state index is 11.3. The van der Waals surface area contributed by atoms with Crippen LogP contribution in [0.5, 0.6) is 5.88 Å². The van der Waals surface area contributed by atoms with Gasteiger partial charge in [-0.2, -0.15) is 4.98 Å². The molecule has 0 unspecified atom stereocenters. The molecular weight excluding hydrogens is 272 g/mol. The molecule has 0 spiro atoms. The van der Waals surface area contributed by atoms with E-state index in [0.29, 0.717) is 17.7 Å². The van der Waals surface area contributed by atoms with Gasteiger partial charge in [0.05, 0.1) is 12.0 Å². The number of rotatable bonds is 5. The lowest BCUT2D eigenvalue weighted by Crippen LogP contribution is -2.14. The highest BCUT2D eigenvalue weighted by atomic mass is 16.6. The van der Waals surface area contributed by atoms with Gasteiger partial charge in [0.15, 0.2) is 0 Å². The Balaban J connectivity index is 1.98. The van der Waals surface area contributed by atoms with Gasteiger partial charge in [0, 0.05) is 12.0 Å². The number of ether oxygens (including phenoxy) is 1. The van der Waals surface area contributed by atoms with Gasteiger partial charge >= 0.3 is 5.69 Å². The number of nitro groups is 1. The standard InChI is InChI=1S/C14H20N4O3/c1-21-14-11(18(19)20)13(15-10-7-8-10)16-12(17-14)9-5-3-2-4-6-9/h9-10H,2-8H2,1H3,(H,15,16,17). The minimum atomic E-state index is -0.464. The van der Waals surface area contributed by atoms with E-state index >= 15 is 0 Å². The van der Waals surface area contributed by atoms with Gasteiger partial charge in [-0.3, -0.25) is 10.1 Å². The summed E-state index contributed by atoms with van der Waals surface area (Å²) in [7, 11) is 1.42. The zero-order valence-corrected chi connectivity index (χ0v) is 12.2. The van der Waals surface area contributed by atoms with Crippen LogP contribution in [0.3, 0.4) is 0 Å². The Morgan fingerprint density at radius 2 is 1.90 bits per heavy atom. The van der Waals surface area contributed by atoms with Gasteiger partial charge in [-0.05, 0) is 25.7 Å². The van der Waals surface area contributed by atoms with E-state index in [-0.39, 0.29) is 17.5 Å². The first-order valence-electron chi connectivity index (χ1n) is 7.56. The number of anilines is 1. The van der Waals surface area contributed by atoms with E-state index < -0.39 is 4.92 Å². The number of aromatic nitrogens is 2. The van der Waals surface area contributed by atoms with Crippen LogP contribution in [0.15, 0.2) is 0 Å². The van der Waals surface area contributed by atoms with Crippen molar-refractivity contribution in [3.05, 3.63) is 15.9 Å². The lowest BCUT2D eigenvalue weighted by atomic mass is 9.88. The molecule has 3 rings (SSSR count). The highest BCUT2D eigenvalue weighted by Crippen LogP contribution is 2.38. The third-order valence-corrected chi connectivity index (χ3v) is 4.13. The molecule has 1 aromatic rings. The van der Waals surface area contributed by atoms with Crippen molar-refractivity contribution in [3.8, 4) is 5.88 Å². The van der Waals surface area contributed by atoms with Crippen molar-refractivity contribution < 1.29 is 9.66 Å². The first kappa shape index (κ1) is 14.0. The topological polar surface area (TPSA) is 90.2 Å². The molecule has 0 radical (unpaired) electrons. The fourth-order valence-electron chi connectivity index (χ4n) is 2.82. The molecule has 7 nitrogen and oxygen atoms in total. The number of nitrogens with zero attached hydrogens (tertiary/aromatic N) is 3. The molecule has 2 fully saturated rings. The quantitative estimate of drug-likeness (QED) is 0.662. The van der Waals surface area contributed by atoms with Gasteiger partial charge in [0.2, 0.25) is 5.82 Å². The maximum absolute atomic E-state index is 11.3. The minimum absolute atomic E-state index is 0.0683. The van der Waals surface area contributed by atoms with Gasteiger partial charge in [-0.1, -0.05) is 19.3 Å². The van der Waals surface area contributed by atoms with Crippen molar-refractivity contribution in [3.63, 3.8) is 0 Å². The van der Waals surface area contributed by atoms with Crippen molar-refractivity contribution in [2.24, 2.45) is 0 Å². The second-order valence-corrected chi connectivity index (χ2v) is 5.80. The summed E-state index contributed by atoms with van der Waals surface area (Å²) in [5, 5.41) is 14.4. The van der Waals surface area contributed by atoms with Crippen molar-refractivity contribution in [2.45, 2.75) is 56.9 Å². The maximum Gasteiger partial charge on any atom is 0.372 e. The van der Waals surface area contributed by atoms with Crippen LogP contribution in [0.25, 0.3) is 0 Å². The lowest BCUT2D eigenvalue weighted by Gasteiger charge is -2.21. The van der Waals surface area contributed by atoms with Crippen LogP contribution in [0.2, 0.25) is 0 Å². The van der Waals surface area contributed by atoms with Crippen LogP contribution >= 0.6 is 0 Å². The predicted octanol–water partition coefficient (Wildman–Crippen LogP) is 3.02. The van der Waals surface area contributed by atoms with E-state index in [9.17, 15) is 10.1 Å². The zero-order chi connectivity index (χ0) is 14.8. The minimum Gasteiger partial charge on any atom is -0.476 e. The molecule has 1 heterocycles. The van der Waals surface area contributed by atoms with E-state index in [1.807, 2.05) is 0 Å². The van der Waals surface area contributed by atoms with Gasteiger partial charge in [0.1, 0.15) is 5.82 Å². The number of hydrogen-bond acceptors (Lipinski definition) is 6. The monoisotopic (exact) mass is 292 g/mol. The van der Waals surface area contributed by atoms with Gasteiger partial charge in [0.25, 0.3) is 5.88 Å². The lowest BCUT2D eigenvalue weighted by molar-refractivity contribution is -0.385. The zero-order valence-electron chi connectivity index (χ0n) is 12.2. The van der Waals surface area contributed by atoms with Gasteiger partial charge < -0.3 is 10.1 Å². The van der Waals surface area contributed by atoms with E-state index in [0.717, 1.165) is 25.7 Å². The molecular formula is C14H20N4O3. The summed E-state index contributed by atoms with van der Waals surface area (Å²) in [6, 6.07) is 0.294. The van der Waals surface area contributed by atoms with Gasteiger partial charge in [-0.15, -0.1) is 0 Å². The molecule has 21 heavy (non-hydrogen) atoms. The Labute approximate surface area is 123 Å². The van der Waals surface area contributed by atoms with E-state index in [4.69, 9.17) is 4.74 Å². The summed E-state index contributed by atoms with van der Waals surface area (Å²) >= 11 is 0. The molecule has 0 atom stereocenters. The van der Waals surface area contributed by atoms with Crippen molar-refractivity contribution in [2.75, 3.05) is 12.4 Å². The molecule has 0 aromatic carbocycles. The SMILES string of the molecule is COc1nc(C2CCCCC2)nc(NC2CC2)c1[N+](=O)[O-]. The molecule has 1 N–H and O–H groups in total. The highest BCUT2D eigenvalue weighted by Gasteiger charge is 2.32. The Hall–Kier alpha value is -1.92. The molecule has 2 aliphatic rings. The smallest absolute Gasteiger partial charge is 0.372 e. The van der Waals surface area contributed by atoms with Crippen LogP contribution < -0.4 is 10.1 Å². The Kier molecular flexibility index (Phi) is 3.90. The Morgan fingerprint density at radius 3 is 2.48 bits per heavy atom. The van der Waals surface area contributed by atoms with Crippen LogP contribution in [-0.2, 0) is 0 Å². The fourth-order valence-corrected chi connectivity index (χ4v) is 2.82. The highest BCUT2D eigenvalue weighted by molar-refractivity contribution is 5.62. The summed E-state index contributed by atoms with van der Waals surface area (Å²) in [6.45, 7) is 0. The van der Waals surface area contributed by atoms with Crippen LogP contribution in [0.4, 0.5) is 11.5 Å². The molecule has 2 aliphatic carbocycles. The predicted molar refractivity (Wildman–Crippen MR) is 77.7 cm³/mol. The average Bonchev–Trinajstić information content (AvgIpc) is 3.31. The second kappa shape index (κ2) is 5.83. The first-order valence-corrected chi connectivity index (χ1v) is 7.56. The van der Waals surface area contributed by atoms with E-state index in [2.05, 4.69) is 15.3 Å². The molecule has 7 heteroatoms. The Bertz CT molecular complexity index is 539. The Morgan fingerprint density at radius 1 is 1.19 bits per heavy atom. The summed E-state index contributed by atoms with van der Waals surface area (Å²) in [5.41, 5.74) is -0.149. The van der Waals surface area contributed by atoms with E-state index in [1.54, 1.807) is 0 Å². The molecule has 2 saturated carbocycles. The molecule has 114 valence electrons. The van der Waals surface area contributed by atoms with Crippen molar-refractivity contribution in [1.82, 2.24) is 9.97 Å². The number of hydrogen-bond donors (Lipinski definition) is 1. The summed E-state index contributed by atoms with van der Waals surface area (Å²) < 4.78 is 5.15. The molecule has 0 amide bonds. The molecule has 0 saturated heterocycles. The molecule has 0 bridgehead atoms. The van der Waals surface area contributed by atoms with E-state index in [1.165, 1.54) is 26.4 Å². The van der Waals surface area contributed by atoms with Crippen molar-refractivity contribution in [1.29, 1.82) is 0 Å². The number of methoxy groups -OCH3 is 1. The average molecular weight is 292 g/mol. The summed E-state index contributed by atoms with van der Waals surface area (Å²) in [5.74, 6) is 1.35. The van der Waals surface area contributed by atoms with Crippen LogP contribution in [-0.4, -0.2) is 28.0 Å². The summed E-state index contributed by atoms with van der Waals surface area (Å²) in [6.07, 6.45) is 7.73.